The maximum absolute atomic E-state index is 12.7. The summed E-state index contributed by atoms with van der Waals surface area (Å²) in [6.07, 6.45) is 2.78. The van der Waals surface area contributed by atoms with E-state index >= 15 is 0 Å². The number of aromatic nitrogens is 2. The fraction of sp³-hybridized carbons (Fsp3) is 0.0714. The molecule has 104 valence electrons. The standard InChI is InChI=1S/C14H10BClN2O2S/c1-9-2-4-10(5-3-9)21(19,20)18-7-6-11-13(15)12(16)8-17-14(11)18/h2-8H,1H3. The Morgan fingerprint density at radius 1 is 1.19 bits per heavy atom. The Morgan fingerprint density at radius 3 is 2.52 bits per heavy atom. The Hall–Kier alpha value is -1.79. The molecule has 0 saturated carbocycles. The molecule has 4 nitrogen and oxygen atoms in total. The van der Waals surface area contributed by atoms with Gasteiger partial charge in [0.15, 0.2) is 5.65 Å². The topological polar surface area (TPSA) is 52.0 Å². The molecular formula is C14H10BClN2O2S. The lowest BCUT2D eigenvalue weighted by molar-refractivity contribution is 0.589. The molecule has 3 rings (SSSR count). The van der Waals surface area contributed by atoms with Gasteiger partial charge in [-0.25, -0.2) is 17.4 Å². The average Bonchev–Trinajstić information content (AvgIpc) is 2.89. The van der Waals surface area contributed by atoms with E-state index in [0.29, 0.717) is 15.9 Å². The predicted molar refractivity (Wildman–Crippen MR) is 83.9 cm³/mol. The molecule has 2 aromatic heterocycles. The molecule has 0 atom stereocenters. The van der Waals surface area contributed by atoms with Gasteiger partial charge in [-0.3, -0.25) is 0 Å². The summed E-state index contributed by atoms with van der Waals surface area (Å²) in [4.78, 5) is 4.28. The molecule has 0 spiro atoms. The first-order chi connectivity index (χ1) is 9.91. The van der Waals surface area contributed by atoms with Gasteiger partial charge in [0.05, 0.1) is 9.92 Å². The quantitative estimate of drug-likeness (QED) is 0.680. The number of fused-ring (bicyclic) bond motifs is 1. The van der Waals surface area contributed by atoms with Crippen LogP contribution in [-0.2, 0) is 10.0 Å². The first kappa shape index (κ1) is 14.2. The minimum atomic E-state index is -3.71. The molecular weight excluding hydrogens is 306 g/mol. The van der Waals surface area contributed by atoms with Crippen LogP contribution in [-0.4, -0.2) is 25.2 Å². The largest absolute Gasteiger partial charge is 0.269 e. The molecule has 3 aromatic rings. The van der Waals surface area contributed by atoms with Gasteiger partial charge in [-0.05, 0) is 25.1 Å². The van der Waals surface area contributed by atoms with E-state index < -0.39 is 10.0 Å². The number of benzene rings is 1. The number of halogens is 1. The van der Waals surface area contributed by atoms with Crippen LogP contribution < -0.4 is 5.46 Å². The van der Waals surface area contributed by atoms with Crippen molar-refractivity contribution in [1.82, 2.24) is 8.96 Å². The molecule has 0 unspecified atom stereocenters. The van der Waals surface area contributed by atoms with E-state index in [9.17, 15) is 8.42 Å². The minimum absolute atomic E-state index is 0.195. The summed E-state index contributed by atoms with van der Waals surface area (Å²) < 4.78 is 26.4. The Labute approximate surface area is 128 Å². The Morgan fingerprint density at radius 2 is 1.86 bits per heavy atom. The van der Waals surface area contributed by atoms with Gasteiger partial charge in [0.1, 0.15) is 7.85 Å². The van der Waals surface area contributed by atoms with E-state index in [1.54, 1.807) is 30.3 Å². The third-order valence-electron chi connectivity index (χ3n) is 3.25. The van der Waals surface area contributed by atoms with Crippen molar-refractivity contribution >= 4 is 46.0 Å². The summed E-state index contributed by atoms with van der Waals surface area (Å²) in [5, 5.41) is 0.811. The van der Waals surface area contributed by atoms with Gasteiger partial charge in [0.2, 0.25) is 0 Å². The maximum Gasteiger partial charge on any atom is 0.269 e. The summed E-state index contributed by atoms with van der Waals surface area (Å²) in [5.74, 6) is 0. The van der Waals surface area contributed by atoms with Crippen LogP contribution in [0.1, 0.15) is 5.56 Å². The molecule has 21 heavy (non-hydrogen) atoms. The lowest BCUT2D eigenvalue weighted by atomic mass is 9.94. The van der Waals surface area contributed by atoms with E-state index in [0.717, 1.165) is 9.54 Å². The van der Waals surface area contributed by atoms with Gasteiger partial charge in [0, 0.05) is 17.8 Å². The van der Waals surface area contributed by atoms with Crippen molar-refractivity contribution in [3.63, 3.8) is 0 Å². The summed E-state index contributed by atoms with van der Waals surface area (Å²) in [7, 11) is 2.14. The van der Waals surface area contributed by atoms with E-state index in [1.165, 1.54) is 12.4 Å². The van der Waals surface area contributed by atoms with Crippen LogP contribution in [0.2, 0.25) is 5.02 Å². The lowest BCUT2D eigenvalue weighted by Gasteiger charge is -2.08. The highest BCUT2D eigenvalue weighted by Crippen LogP contribution is 2.21. The highest BCUT2D eigenvalue weighted by molar-refractivity contribution is 7.90. The molecule has 0 aliphatic heterocycles. The van der Waals surface area contributed by atoms with Crippen molar-refractivity contribution < 1.29 is 8.42 Å². The molecule has 0 fully saturated rings. The molecule has 2 heterocycles. The highest BCUT2D eigenvalue weighted by atomic mass is 35.5. The van der Waals surface area contributed by atoms with E-state index in [2.05, 4.69) is 4.98 Å². The van der Waals surface area contributed by atoms with Gasteiger partial charge < -0.3 is 0 Å². The van der Waals surface area contributed by atoms with Crippen LogP contribution in [0.15, 0.2) is 47.6 Å². The maximum atomic E-state index is 12.7. The average molecular weight is 317 g/mol. The number of pyridine rings is 1. The smallest absolute Gasteiger partial charge is 0.236 e. The van der Waals surface area contributed by atoms with Crippen molar-refractivity contribution in [2.75, 3.05) is 0 Å². The van der Waals surface area contributed by atoms with Crippen molar-refractivity contribution in [2.45, 2.75) is 11.8 Å². The van der Waals surface area contributed by atoms with Gasteiger partial charge in [-0.15, -0.1) is 0 Å². The highest BCUT2D eigenvalue weighted by Gasteiger charge is 2.20. The number of hydrogen-bond acceptors (Lipinski definition) is 3. The van der Waals surface area contributed by atoms with E-state index in [1.807, 2.05) is 6.92 Å². The van der Waals surface area contributed by atoms with Crippen LogP contribution in [0, 0.1) is 6.92 Å². The fourth-order valence-electron chi connectivity index (χ4n) is 2.08. The van der Waals surface area contributed by atoms with Gasteiger partial charge >= 0.3 is 0 Å². The first-order valence-electron chi connectivity index (χ1n) is 6.14. The van der Waals surface area contributed by atoms with E-state index in [-0.39, 0.29) is 10.5 Å². The number of aryl methyl sites for hydroxylation is 1. The first-order valence-corrected chi connectivity index (χ1v) is 7.96. The second-order valence-electron chi connectivity index (χ2n) is 4.69. The molecule has 7 heteroatoms. The Kier molecular flexibility index (Phi) is 3.30. The minimum Gasteiger partial charge on any atom is -0.236 e. The third-order valence-corrected chi connectivity index (χ3v) is 5.23. The lowest BCUT2D eigenvalue weighted by Crippen LogP contribution is -2.14. The van der Waals surface area contributed by atoms with Crippen molar-refractivity contribution in [2.24, 2.45) is 0 Å². The number of rotatable bonds is 2. The molecule has 0 amide bonds. The monoisotopic (exact) mass is 316 g/mol. The number of nitrogens with zero attached hydrogens (tertiary/aromatic N) is 2. The van der Waals surface area contributed by atoms with Crippen LogP contribution in [0.5, 0.6) is 0 Å². The van der Waals surface area contributed by atoms with Gasteiger partial charge in [-0.2, -0.15) is 0 Å². The zero-order valence-corrected chi connectivity index (χ0v) is 12.7. The molecule has 0 N–H and O–H groups in total. The predicted octanol–water partition coefficient (Wildman–Crippen LogP) is 2.03. The molecule has 0 saturated heterocycles. The summed E-state index contributed by atoms with van der Waals surface area (Å²) in [6, 6.07) is 8.22. The van der Waals surface area contributed by atoms with Crippen LogP contribution >= 0.6 is 11.6 Å². The van der Waals surface area contributed by atoms with Crippen molar-refractivity contribution in [3.05, 3.63) is 53.3 Å². The summed E-state index contributed by atoms with van der Waals surface area (Å²) in [6.45, 7) is 1.89. The number of hydrogen-bond donors (Lipinski definition) is 0. The van der Waals surface area contributed by atoms with E-state index in [4.69, 9.17) is 19.4 Å². The van der Waals surface area contributed by atoms with Crippen molar-refractivity contribution in [3.8, 4) is 0 Å². The van der Waals surface area contributed by atoms with Crippen molar-refractivity contribution in [1.29, 1.82) is 0 Å². The molecule has 2 radical (unpaired) electrons. The van der Waals surface area contributed by atoms with Gasteiger partial charge in [0.25, 0.3) is 10.0 Å². The molecule has 0 bridgehead atoms. The second kappa shape index (κ2) is 4.89. The molecule has 0 aliphatic carbocycles. The normalized spacial score (nSPS) is 11.9. The van der Waals surface area contributed by atoms with Crippen LogP contribution in [0.4, 0.5) is 0 Å². The van der Waals surface area contributed by atoms with Gasteiger partial charge in [-0.1, -0.05) is 34.8 Å². The molecule has 0 aliphatic rings. The summed E-state index contributed by atoms with van der Waals surface area (Å²) >= 11 is 5.90. The Bertz CT molecular complexity index is 934. The SMILES string of the molecule is [B]c1c(Cl)cnc2c1ccn2S(=O)(=O)c1ccc(C)cc1. The third kappa shape index (κ3) is 2.24. The zero-order chi connectivity index (χ0) is 15.2. The second-order valence-corrected chi connectivity index (χ2v) is 6.91. The zero-order valence-electron chi connectivity index (χ0n) is 11.1. The van der Waals surface area contributed by atoms with Crippen LogP contribution in [0.3, 0.4) is 0 Å². The van der Waals surface area contributed by atoms with Crippen LogP contribution in [0.25, 0.3) is 11.0 Å². The summed E-state index contributed by atoms with van der Waals surface area (Å²) in [5.41, 5.74) is 1.57. The Balaban J connectivity index is 2.25. The fourth-order valence-corrected chi connectivity index (χ4v) is 3.53. The molecule has 1 aromatic carbocycles.